The van der Waals surface area contributed by atoms with Gasteiger partial charge in [-0.25, -0.2) is 13.2 Å². The quantitative estimate of drug-likeness (QED) is 0.484. The summed E-state index contributed by atoms with van der Waals surface area (Å²) in [4.78, 5) is 0. The van der Waals surface area contributed by atoms with Gasteiger partial charge in [-0.05, 0) is 15.9 Å². The Balaban J connectivity index is 3.46. The van der Waals surface area contributed by atoms with Crippen molar-refractivity contribution in [3.05, 3.63) is 33.0 Å². The Morgan fingerprint density at radius 1 is 1.18 bits per heavy atom. The highest BCUT2D eigenvalue weighted by Crippen LogP contribution is 2.28. The van der Waals surface area contributed by atoms with Crippen molar-refractivity contribution in [2.75, 3.05) is 0 Å². The Morgan fingerprint density at radius 2 is 1.73 bits per heavy atom. The zero-order valence-electron chi connectivity index (χ0n) is 4.97. The van der Waals surface area contributed by atoms with E-state index in [9.17, 15) is 13.2 Å². The second-order valence-electron chi connectivity index (χ2n) is 1.78. The summed E-state index contributed by atoms with van der Waals surface area (Å²) in [6.45, 7) is 0. The van der Waals surface area contributed by atoms with Crippen molar-refractivity contribution in [3.8, 4) is 0 Å². The minimum Gasteiger partial charge on any atom is -0.206 e. The van der Waals surface area contributed by atoms with Crippen molar-refractivity contribution >= 4 is 27.5 Å². The fourth-order valence-corrected chi connectivity index (χ4v) is 1.12. The first-order valence-electron chi connectivity index (χ1n) is 2.52. The van der Waals surface area contributed by atoms with Gasteiger partial charge in [0.2, 0.25) is 0 Å². The molecule has 0 saturated carbocycles. The lowest BCUT2D eigenvalue weighted by molar-refractivity contribution is 0.535. The molecular formula is C6HBrClF3. The van der Waals surface area contributed by atoms with E-state index in [2.05, 4.69) is 15.9 Å². The van der Waals surface area contributed by atoms with Crippen molar-refractivity contribution in [1.82, 2.24) is 0 Å². The molecule has 0 nitrogen and oxygen atoms in total. The smallest absolute Gasteiger partial charge is 0.161 e. The van der Waals surface area contributed by atoms with Gasteiger partial charge in [0.05, 0.1) is 4.47 Å². The molecule has 1 aromatic carbocycles. The standard InChI is InChI=1S/C6HBrClF3/c7-4-2(9)1-3(10)5(8)6(4)11/h1H. The molecule has 0 atom stereocenters. The van der Waals surface area contributed by atoms with Crippen molar-refractivity contribution in [2.45, 2.75) is 0 Å². The van der Waals surface area contributed by atoms with E-state index in [1.165, 1.54) is 0 Å². The van der Waals surface area contributed by atoms with Crippen LogP contribution in [0.1, 0.15) is 0 Å². The monoisotopic (exact) mass is 244 g/mol. The first kappa shape index (κ1) is 8.87. The lowest BCUT2D eigenvalue weighted by atomic mass is 10.3. The maximum Gasteiger partial charge on any atom is 0.161 e. The van der Waals surface area contributed by atoms with Crippen molar-refractivity contribution in [3.63, 3.8) is 0 Å². The lowest BCUT2D eigenvalue weighted by Crippen LogP contribution is -1.89. The largest absolute Gasteiger partial charge is 0.206 e. The molecular weight excluding hydrogens is 244 g/mol. The molecule has 0 bridgehead atoms. The van der Waals surface area contributed by atoms with Gasteiger partial charge in [0.1, 0.15) is 16.7 Å². The third kappa shape index (κ3) is 1.51. The van der Waals surface area contributed by atoms with Crippen molar-refractivity contribution in [2.24, 2.45) is 0 Å². The minimum absolute atomic E-state index is 0.455. The van der Waals surface area contributed by atoms with Crippen LogP contribution in [0.3, 0.4) is 0 Å². The molecule has 0 aliphatic carbocycles. The molecule has 0 saturated heterocycles. The number of halogens is 5. The van der Waals surface area contributed by atoms with Crippen LogP contribution in [0.4, 0.5) is 13.2 Å². The highest BCUT2D eigenvalue weighted by molar-refractivity contribution is 9.10. The fourth-order valence-electron chi connectivity index (χ4n) is 0.544. The Kier molecular flexibility index (Phi) is 2.44. The predicted molar refractivity (Wildman–Crippen MR) is 39.0 cm³/mol. The van der Waals surface area contributed by atoms with Crippen molar-refractivity contribution < 1.29 is 13.2 Å². The molecule has 0 amide bonds. The second kappa shape index (κ2) is 3.03. The summed E-state index contributed by atoms with van der Waals surface area (Å²) in [6.07, 6.45) is 0. The molecule has 0 radical (unpaired) electrons. The first-order chi connectivity index (χ1) is 5.04. The van der Waals surface area contributed by atoms with Gasteiger partial charge in [-0.1, -0.05) is 11.6 Å². The molecule has 5 heteroatoms. The third-order valence-corrected chi connectivity index (χ3v) is 2.13. The fraction of sp³-hybridized carbons (Fsp3) is 0. The van der Waals surface area contributed by atoms with Crippen LogP contribution >= 0.6 is 27.5 Å². The van der Waals surface area contributed by atoms with E-state index in [1.54, 1.807) is 0 Å². The summed E-state index contributed by atoms with van der Waals surface area (Å²) < 4.78 is 37.0. The van der Waals surface area contributed by atoms with Crippen LogP contribution in [0, 0.1) is 17.5 Å². The van der Waals surface area contributed by atoms with E-state index in [0.717, 1.165) is 0 Å². The summed E-state index contributed by atoms with van der Waals surface area (Å²) in [5, 5.41) is -0.710. The Bertz CT molecular complexity index is 274. The molecule has 0 aliphatic rings. The number of hydrogen-bond donors (Lipinski definition) is 0. The van der Waals surface area contributed by atoms with Crippen LogP contribution < -0.4 is 0 Å². The van der Waals surface area contributed by atoms with Crippen LogP contribution in [-0.4, -0.2) is 0 Å². The predicted octanol–water partition coefficient (Wildman–Crippen LogP) is 3.52. The SMILES string of the molecule is Fc1cc(F)c(Br)c(F)c1Cl. The van der Waals surface area contributed by atoms with Gasteiger partial charge in [0, 0.05) is 6.07 Å². The van der Waals surface area contributed by atoms with Gasteiger partial charge in [0.15, 0.2) is 5.82 Å². The van der Waals surface area contributed by atoms with E-state index in [-0.39, 0.29) is 0 Å². The van der Waals surface area contributed by atoms with Crippen LogP contribution in [0.25, 0.3) is 0 Å². The second-order valence-corrected chi connectivity index (χ2v) is 2.95. The van der Waals surface area contributed by atoms with Crippen molar-refractivity contribution in [1.29, 1.82) is 0 Å². The van der Waals surface area contributed by atoms with E-state index in [0.29, 0.717) is 6.07 Å². The number of hydrogen-bond acceptors (Lipinski definition) is 0. The Morgan fingerprint density at radius 3 is 2.27 bits per heavy atom. The zero-order chi connectivity index (χ0) is 8.59. The van der Waals surface area contributed by atoms with Gasteiger partial charge >= 0.3 is 0 Å². The molecule has 0 fully saturated rings. The summed E-state index contributed by atoms with van der Waals surface area (Å²) in [5.74, 6) is -3.24. The molecule has 1 aromatic rings. The maximum absolute atomic E-state index is 12.6. The van der Waals surface area contributed by atoms with E-state index in [4.69, 9.17) is 11.6 Å². The highest BCUT2D eigenvalue weighted by Gasteiger charge is 2.14. The highest BCUT2D eigenvalue weighted by atomic mass is 79.9. The van der Waals surface area contributed by atoms with E-state index < -0.39 is 26.9 Å². The van der Waals surface area contributed by atoms with Gasteiger partial charge in [-0.2, -0.15) is 0 Å². The van der Waals surface area contributed by atoms with E-state index >= 15 is 0 Å². The summed E-state index contributed by atoms with van der Waals surface area (Å²) >= 11 is 7.67. The van der Waals surface area contributed by atoms with Crippen LogP contribution in [0.5, 0.6) is 0 Å². The summed E-state index contributed by atoms with van der Waals surface area (Å²) in [6, 6.07) is 0.509. The lowest BCUT2D eigenvalue weighted by Gasteiger charge is -1.99. The Labute approximate surface area is 74.1 Å². The molecule has 60 valence electrons. The van der Waals surface area contributed by atoms with Gasteiger partial charge < -0.3 is 0 Å². The van der Waals surface area contributed by atoms with Crippen LogP contribution in [0.2, 0.25) is 5.02 Å². The van der Waals surface area contributed by atoms with Gasteiger partial charge in [-0.15, -0.1) is 0 Å². The maximum atomic E-state index is 12.6. The number of rotatable bonds is 0. The molecule has 0 unspecified atom stereocenters. The molecule has 0 N–H and O–H groups in total. The average Bonchev–Trinajstić information content (AvgIpc) is 1.97. The summed E-state index contributed by atoms with van der Waals surface area (Å²) in [5.41, 5.74) is 0. The van der Waals surface area contributed by atoms with Crippen LogP contribution in [-0.2, 0) is 0 Å². The molecule has 0 aliphatic heterocycles. The van der Waals surface area contributed by atoms with E-state index in [1.807, 2.05) is 0 Å². The normalized spacial score (nSPS) is 10.3. The molecule has 1 rings (SSSR count). The Hall–Kier alpha value is -0.220. The number of benzene rings is 1. The average molecular weight is 245 g/mol. The summed E-state index contributed by atoms with van der Waals surface area (Å²) in [7, 11) is 0. The van der Waals surface area contributed by atoms with Crippen LogP contribution in [0.15, 0.2) is 10.5 Å². The molecule has 0 spiro atoms. The first-order valence-corrected chi connectivity index (χ1v) is 3.69. The zero-order valence-corrected chi connectivity index (χ0v) is 7.31. The molecule has 11 heavy (non-hydrogen) atoms. The third-order valence-electron chi connectivity index (χ3n) is 1.06. The van der Waals surface area contributed by atoms with Gasteiger partial charge in [0.25, 0.3) is 0 Å². The molecule has 0 aromatic heterocycles. The van der Waals surface area contributed by atoms with Gasteiger partial charge in [-0.3, -0.25) is 0 Å². The topological polar surface area (TPSA) is 0 Å². The molecule has 0 heterocycles. The minimum atomic E-state index is -1.12.